The number of likely N-dealkylation sites (tertiary alicyclic amines) is 1. The van der Waals surface area contributed by atoms with Gasteiger partial charge in [0.15, 0.2) is 0 Å². The van der Waals surface area contributed by atoms with Crippen LogP contribution in [0.5, 0.6) is 5.75 Å². The zero-order valence-electron chi connectivity index (χ0n) is 23.7. The highest BCUT2D eigenvalue weighted by molar-refractivity contribution is 6.11. The number of nitrogens with one attached hydrogen (secondary N) is 1. The molecule has 3 aromatic carbocycles. The van der Waals surface area contributed by atoms with Crippen LogP contribution in [0.4, 0.5) is 0 Å². The van der Waals surface area contributed by atoms with Crippen molar-refractivity contribution in [2.24, 2.45) is 0 Å². The summed E-state index contributed by atoms with van der Waals surface area (Å²) in [5.74, 6) is 0.582. The highest BCUT2D eigenvalue weighted by Crippen LogP contribution is 2.49. The first-order valence-corrected chi connectivity index (χ1v) is 15.0. The van der Waals surface area contributed by atoms with E-state index in [1.165, 1.54) is 0 Å². The van der Waals surface area contributed by atoms with Crippen LogP contribution in [-0.2, 0) is 5.54 Å². The third kappa shape index (κ3) is 4.90. The van der Waals surface area contributed by atoms with E-state index in [4.69, 9.17) is 9.84 Å². The van der Waals surface area contributed by atoms with Gasteiger partial charge >= 0.3 is 0 Å². The summed E-state index contributed by atoms with van der Waals surface area (Å²) in [6, 6.07) is 26.4. The second kappa shape index (κ2) is 10.5. The number of likely N-dealkylation sites (N-methyl/N-ethyl adjacent to an activating group) is 1. The molecule has 1 aliphatic heterocycles. The molecule has 2 aromatic heterocycles. The molecular weight excluding hydrogens is 538 g/mol. The third-order valence-corrected chi connectivity index (χ3v) is 9.16. The van der Waals surface area contributed by atoms with Crippen LogP contribution in [0.1, 0.15) is 40.7 Å². The molecule has 0 unspecified atom stereocenters. The highest BCUT2D eigenvalue weighted by atomic mass is 28.1. The number of ether oxygens (including phenoxy) is 1. The Balaban J connectivity index is 1.19. The summed E-state index contributed by atoms with van der Waals surface area (Å²) < 4.78 is 8.08. The van der Waals surface area contributed by atoms with Gasteiger partial charge in [-0.3, -0.25) is 9.78 Å². The predicted octanol–water partition coefficient (Wildman–Crippen LogP) is 5.39. The second-order valence-electron chi connectivity index (χ2n) is 11.5. The van der Waals surface area contributed by atoms with Gasteiger partial charge in [0.05, 0.1) is 38.4 Å². The Morgan fingerprint density at radius 2 is 1.90 bits per heavy atom. The summed E-state index contributed by atoms with van der Waals surface area (Å²) in [5.41, 5.74) is 5.73. The minimum Gasteiger partial charge on any atom is -0.493 e. The number of benzene rings is 3. The van der Waals surface area contributed by atoms with Crippen LogP contribution >= 0.6 is 0 Å². The molecule has 1 aliphatic carbocycles. The molecule has 2 atom stereocenters. The van der Waals surface area contributed by atoms with E-state index in [2.05, 4.69) is 50.7 Å². The second-order valence-corrected chi connectivity index (χ2v) is 12.0. The zero-order valence-corrected chi connectivity index (χ0v) is 24.7. The Kier molecular flexibility index (Phi) is 6.67. The van der Waals surface area contributed by atoms with Gasteiger partial charge in [-0.1, -0.05) is 30.3 Å². The van der Waals surface area contributed by atoms with Crippen LogP contribution in [-0.4, -0.2) is 61.2 Å². The third-order valence-electron chi connectivity index (χ3n) is 8.65. The van der Waals surface area contributed by atoms with E-state index in [1.54, 1.807) is 0 Å². The van der Waals surface area contributed by atoms with Gasteiger partial charge in [0.2, 0.25) is 0 Å². The number of hydrogen-bond acceptors (Lipinski definition) is 5. The van der Waals surface area contributed by atoms with Crippen LogP contribution in [0.25, 0.3) is 27.8 Å². The monoisotopic (exact) mass is 570 g/mol. The molecule has 7 nitrogen and oxygen atoms in total. The molecule has 1 amide bonds. The van der Waals surface area contributed by atoms with E-state index in [9.17, 15) is 4.79 Å². The molecular formula is C34H32N5O2Si. The number of carbonyl (C=O) groups excluding carboxylic acids is 1. The molecule has 3 radical (unpaired) electrons. The molecule has 7 rings (SSSR count). The van der Waals surface area contributed by atoms with Gasteiger partial charge < -0.3 is 15.0 Å². The molecule has 42 heavy (non-hydrogen) atoms. The van der Waals surface area contributed by atoms with Crippen molar-refractivity contribution in [3.05, 3.63) is 108 Å². The fraction of sp³-hybridized carbons (Fsp3) is 0.265. The van der Waals surface area contributed by atoms with Gasteiger partial charge in [-0.05, 0) is 99.4 Å². The fourth-order valence-electron chi connectivity index (χ4n) is 5.86. The largest absolute Gasteiger partial charge is 0.493 e. The van der Waals surface area contributed by atoms with Gasteiger partial charge in [-0.2, -0.15) is 5.10 Å². The van der Waals surface area contributed by atoms with Crippen LogP contribution < -0.4 is 10.1 Å². The lowest BCUT2D eigenvalue weighted by molar-refractivity contribution is 0.0562. The Bertz CT molecular complexity index is 1780. The first-order chi connectivity index (χ1) is 20.4. The molecule has 1 saturated heterocycles. The lowest BCUT2D eigenvalue weighted by atomic mass is 9.95. The number of para-hydroxylation sites is 1. The number of carbonyl (C=O) groups is 1. The van der Waals surface area contributed by atoms with Gasteiger partial charge in [-0.25, -0.2) is 4.68 Å². The zero-order chi connectivity index (χ0) is 28.8. The smallest absolute Gasteiger partial charge is 0.252 e. The average Bonchev–Trinajstić information content (AvgIpc) is 3.60. The Labute approximate surface area is 249 Å². The van der Waals surface area contributed by atoms with Crippen LogP contribution in [0.2, 0.25) is 0 Å². The molecule has 2 fully saturated rings. The maximum atomic E-state index is 13.8. The van der Waals surface area contributed by atoms with Crippen LogP contribution in [0.15, 0.2) is 91.3 Å². The summed E-state index contributed by atoms with van der Waals surface area (Å²) in [6.45, 7) is 3.03. The van der Waals surface area contributed by atoms with Gasteiger partial charge in [-0.15, -0.1) is 0 Å². The van der Waals surface area contributed by atoms with E-state index in [-0.39, 0.29) is 11.6 Å². The Morgan fingerprint density at radius 3 is 2.64 bits per heavy atom. The lowest BCUT2D eigenvalue weighted by Gasteiger charge is -2.41. The number of pyridine rings is 1. The fourth-order valence-corrected chi connectivity index (χ4v) is 6.42. The average molecular weight is 571 g/mol. The highest BCUT2D eigenvalue weighted by Gasteiger charge is 2.47. The normalized spacial score (nSPS) is 18.3. The van der Waals surface area contributed by atoms with Crippen molar-refractivity contribution in [3.63, 3.8) is 0 Å². The van der Waals surface area contributed by atoms with Gasteiger partial charge in [0.25, 0.3) is 5.91 Å². The van der Waals surface area contributed by atoms with E-state index in [1.807, 2.05) is 84.7 Å². The van der Waals surface area contributed by atoms with Crippen molar-refractivity contribution >= 4 is 27.1 Å². The molecule has 2 aliphatic rings. The lowest BCUT2D eigenvalue weighted by Crippen LogP contribution is -2.53. The molecule has 1 N–H and O–H groups in total. The van der Waals surface area contributed by atoms with E-state index < -0.39 is 5.54 Å². The first kappa shape index (κ1) is 26.6. The summed E-state index contributed by atoms with van der Waals surface area (Å²) in [4.78, 5) is 20.8. The van der Waals surface area contributed by atoms with E-state index in [0.29, 0.717) is 17.4 Å². The number of aryl methyl sites for hydroxylation is 1. The number of amides is 1. The summed E-state index contributed by atoms with van der Waals surface area (Å²) in [7, 11) is 5.84. The van der Waals surface area contributed by atoms with Crippen molar-refractivity contribution in [2.45, 2.75) is 43.5 Å². The number of nitrogens with zero attached hydrogens (tertiary/aromatic N) is 4. The topological polar surface area (TPSA) is 72.3 Å². The summed E-state index contributed by atoms with van der Waals surface area (Å²) in [5, 5.41) is 9.31. The Hall–Kier alpha value is -4.27. The number of aromatic nitrogens is 3. The van der Waals surface area contributed by atoms with Crippen molar-refractivity contribution in [3.8, 4) is 22.7 Å². The van der Waals surface area contributed by atoms with Crippen molar-refractivity contribution in [2.75, 3.05) is 13.6 Å². The summed E-state index contributed by atoms with van der Waals surface area (Å²) >= 11 is 0. The molecule has 0 spiro atoms. The molecule has 3 heterocycles. The van der Waals surface area contributed by atoms with Crippen LogP contribution in [0, 0.1) is 6.92 Å². The Morgan fingerprint density at radius 1 is 1.07 bits per heavy atom. The quantitative estimate of drug-likeness (QED) is 0.253. The molecule has 0 bridgehead atoms. The molecule has 1 saturated carbocycles. The number of rotatable bonds is 8. The van der Waals surface area contributed by atoms with Crippen molar-refractivity contribution in [1.82, 2.24) is 25.0 Å². The first-order valence-electron chi connectivity index (χ1n) is 14.4. The van der Waals surface area contributed by atoms with Gasteiger partial charge in [0, 0.05) is 34.9 Å². The van der Waals surface area contributed by atoms with Crippen molar-refractivity contribution < 1.29 is 9.53 Å². The SMILES string of the molecule is Cc1ccc(O[C@@H]([Si])[C@@H]2CCN2C)cc1C(=O)NC1(c2cc(-c3ccn(-c4ccccc4)n3)cc3ncccc23)CC1. The maximum absolute atomic E-state index is 13.8. The molecule has 209 valence electrons. The molecule has 8 heteroatoms. The predicted molar refractivity (Wildman–Crippen MR) is 165 cm³/mol. The van der Waals surface area contributed by atoms with Crippen LogP contribution in [0.3, 0.4) is 0 Å². The minimum absolute atomic E-state index is 0.0995. The van der Waals surface area contributed by atoms with Gasteiger partial charge in [0.1, 0.15) is 5.75 Å². The number of hydrogen-bond donors (Lipinski definition) is 1. The molecule has 5 aromatic rings. The standard InChI is InChI=1S/C34H32N5O2Si/c1-22-10-11-25(41-33(42)31-13-17-38(31)2)21-27(22)32(40)36-34(14-15-34)28-19-23(20-30-26(28)9-6-16-35-30)29-12-18-39(37-29)24-7-4-3-5-8-24/h3-12,16,18-21,31,33H,13-15,17H2,1-2H3,(H,36,40)/t31-,33-/m0/s1. The number of fused-ring (bicyclic) bond motifs is 1. The van der Waals surface area contributed by atoms with Crippen molar-refractivity contribution in [1.29, 1.82) is 0 Å². The van der Waals surface area contributed by atoms with E-state index in [0.717, 1.165) is 64.8 Å². The van der Waals surface area contributed by atoms with E-state index >= 15 is 0 Å². The summed E-state index contributed by atoms with van der Waals surface area (Å²) in [6.07, 6.45) is 6.58. The minimum atomic E-state index is -0.466. The maximum Gasteiger partial charge on any atom is 0.252 e.